The Morgan fingerprint density at radius 2 is 2.00 bits per heavy atom. The number of ether oxygens (including phenoxy) is 1. The number of imidazole rings is 1. The summed E-state index contributed by atoms with van der Waals surface area (Å²) in [7, 11) is 0. The normalized spacial score (nSPS) is 10.8. The lowest BCUT2D eigenvalue weighted by atomic mass is 10.3. The van der Waals surface area contributed by atoms with E-state index in [0.717, 1.165) is 23.9 Å². The molecule has 0 saturated carbocycles. The van der Waals surface area contributed by atoms with E-state index in [1.165, 1.54) is 12.1 Å². The zero-order chi connectivity index (χ0) is 13.8. The molecule has 0 saturated heterocycles. The third-order valence-corrected chi connectivity index (χ3v) is 2.57. The van der Waals surface area contributed by atoms with Crippen molar-refractivity contribution in [1.82, 2.24) is 9.55 Å². The predicted octanol–water partition coefficient (Wildman–Crippen LogP) is 3.56. The van der Waals surface area contributed by atoms with Crippen molar-refractivity contribution in [3.8, 4) is 5.75 Å². The molecule has 0 amide bonds. The van der Waals surface area contributed by atoms with Crippen LogP contribution in [-0.2, 0) is 6.54 Å². The van der Waals surface area contributed by atoms with E-state index in [0.29, 0.717) is 0 Å². The second kappa shape index (κ2) is 5.69. The Morgan fingerprint density at radius 3 is 2.58 bits per heavy atom. The lowest BCUT2D eigenvalue weighted by Gasteiger charge is -2.09. The Hall–Kier alpha value is -2.11. The molecule has 0 spiro atoms. The number of halogens is 2. The highest BCUT2D eigenvalue weighted by atomic mass is 19.3. The van der Waals surface area contributed by atoms with E-state index < -0.39 is 6.61 Å². The van der Waals surface area contributed by atoms with Gasteiger partial charge in [0, 0.05) is 18.4 Å². The van der Waals surface area contributed by atoms with Crippen LogP contribution in [0.1, 0.15) is 12.6 Å². The van der Waals surface area contributed by atoms with E-state index in [2.05, 4.69) is 15.0 Å². The van der Waals surface area contributed by atoms with Crippen molar-refractivity contribution in [2.45, 2.75) is 27.0 Å². The molecule has 0 aliphatic heterocycles. The van der Waals surface area contributed by atoms with Crippen LogP contribution in [0, 0.1) is 6.92 Å². The van der Waals surface area contributed by atoms with Gasteiger partial charge in [-0.05, 0) is 38.1 Å². The largest absolute Gasteiger partial charge is 0.435 e. The van der Waals surface area contributed by atoms with Crippen LogP contribution in [0.5, 0.6) is 5.75 Å². The molecular formula is C13H15F2N3O. The summed E-state index contributed by atoms with van der Waals surface area (Å²) in [5.41, 5.74) is 1.68. The average molecular weight is 267 g/mol. The molecule has 1 aromatic carbocycles. The minimum Gasteiger partial charge on any atom is -0.435 e. The van der Waals surface area contributed by atoms with Gasteiger partial charge in [-0.25, -0.2) is 4.98 Å². The van der Waals surface area contributed by atoms with Gasteiger partial charge in [0.05, 0.1) is 5.69 Å². The Morgan fingerprint density at radius 1 is 1.32 bits per heavy atom. The van der Waals surface area contributed by atoms with E-state index in [4.69, 9.17) is 0 Å². The maximum Gasteiger partial charge on any atom is 0.387 e. The summed E-state index contributed by atoms with van der Waals surface area (Å²) in [6, 6.07) is 6.31. The summed E-state index contributed by atoms with van der Waals surface area (Å²) in [5.74, 6) is 0.859. The van der Waals surface area contributed by atoms with Crippen molar-refractivity contribution in [2.24, 2.45) is 0 Å². The highest BCUT2D eigenvalue weighted by Gasteiger charge is 2.06. The Bertz CT molecular complexity index is 537. The maximum absolute atomic E-state index is 12.0. The highest BCUT2D eigenvalue weighted by molar-refractivity contribution is 5.55. The third kappa shape index (κ3) is 3.43. The fourth-order valence-corrected chi connectivity index (χ4v) is 1.74. The summed E-state index contributed by atoms with van der Waals surface area (Å²) in [5, 5.41) is 3.13. The van der Waals surface area contributed by atoms with E-state index in [9.17, 15) is 8.78 Å². The van der Waals surface area contributed by atoms with Gasteiger partial charge in [-0.2, -0.15) is 8.78 Å². The zero-order valence-electron chi connectivity index (χ0n) is 10.7. The van der Waals surface area contributed by atoms with Crippen LogP contribution >= 0.6 is 0 Å². The van der Waals surface area contributed by atoms with Crippen LogP contribution in [0.4, 0.5) is 20.4 Å². The third-order valence-electron chi connectivity index (χ3n) is 2.57. The Labute approximate surface area is 110 Å². The Balaban J connectivity index is 2.10. The molecule has 2 aromatic rings. The molecule has 0 atom stereocenters. The van der Waals surface area contributed by atoms with Crippen molar-refractivity contribution in [3.63, 3.8) is 0 Å². The zero-order valence-corrected chi connectivity index (χ0v) is 10.7. The summed E-state index contributed by atoms with van der Waals surface area (Å²) >= 11 is 0. The number of hydrogen-bond acceptors (Lipinski definition) is 3. The standard InChI is InChI=1S/C13H15F2N3O/c1-3-18-8-9(2)16-13(18)17-10-4-6-11(7-5-10)19-12(14)15/h4-8,12H,3H2,1-2H3,(H,16,17). The first kappa shape index (κ1) is 13.3. The number of nitrogens with one attached hydrogen (secondary N) is 1. The van der Waals surface area contributed by atoms with E-state index >= 15 is 0 Å². The lowest BCUT2D eigenvalue weighted by molar-refractivity contribution is -0.0498. The molecule has 0 aliphatic carbocycles. The van der Waals surface area contributed by atoms with Gasteiger partial charge in [0.25, 0.3) is 0 Å². The molecule has 0 fully saturated rings. The van der Waals surface area contributed by atoms with Crippen molar-refractivity contribution < 1.29 is 13.5 Å². The van der Waals surface area contributed by atoms with Crippen LogP contribution in [0.15, 0.2) is 30.5 Å². The van der Waals surface area contributed by atoms with Gasteiger partial charge in [0.15, 0.2) is 0 Å². The van der Waals surface area contributed by atoms with Crippen molar-refractivity contribution in [2.75, 3.05) is 5.32 Å². The fourth-order valence-electron chi connectivity index (χ4n) is 1.74. The Kier molecular flexibility index (Phi) is 3.99. The van der Waals surface area contributed by atoms with Gasteiger partial charge in [0.2, 0.25) is 5.95 Å². The number of anilines is 2. The van der Waals surface area contributed by atoms with Gasteiger partial charge >= 0.3 is 6.61 Å². The first-order valence-corrected chi connectivity index (χ1v) is 5.94. The maximum atomic E-state index is 12.0. The van der Waals surface area contributed by atoms with Crippen molar-refractivity contribution in [3.05, 3.63) is 36.2 Å². The summed E-state index contributed by atoms with van der Waals surface area (Å²) in [4.78, 5) is 4.35. The molecule has 0 unspecified atom stereocenters. The van der Waals surface area contributed by atoms with E-state index in [1.54, 1.807) is 12.1 Å². The summed E-state index contributed by atoms with van der Waals surface area (Å²) in [6.07, 6.45) is 1.94. The highest BCUT2D eigenvalue weighted by Crippen LogP contribution is 2.21. The number of nitrogens with zero attached hydrogens (tertiary/aromatic N) is 2. The van der Waals surface area contributed by atoms with Crippen molar-refractivity contribution in [1.29, 1.82) is 0 Å². The van der Waals surface area contributed by atoms with Crippen LogP contribution < -0.4 is 10.1 Å². The average Bonchev–Trinajstić information content (AvgIpc) is 2.71. The molecule has 1 heterocycles. The molecule has 1 aromatic heterocycles. The summed E-state index contributed by atoms with van der Waals surface area (Å²) in [6.45, 7) is 1.93. The van der Waals surface area contributed by atoms with Crippen LogP contribution in [0.25, 0.3) is 0 Å². The van der Waals surface area contributed by atoms with Gasteiger partial charge in [0.1, 0.15) is 5.75 Å². The monoisotopic (exact) mass is 267 g/mol. The quantitative estimate of drug-likeness (QED) is 0.900. The van der Waals surface area contributed by atoms with Crippen molar-refractivity contribution >= 4 is 11.6 Å². The van der Waals surface area contributed by atoms with E-state index in [-0.39, 0.29) is 5.75 Å². The first-order chi connectivity index (χ1) is 9.08. The van der Waals surface area contributed by atoms with Gasteiger partial charge in [-0.3, -0.25) is 0 Å². The molecule has 102 valence electrons. The predicted molar refractivity (Wildman–Crippen MR) is 69.0 cm³/mol. The van der Waals surface area contributed by atoms with Crippen LogP contribution in [-0.4, -0.2) is 16.2 Å². The lowest BCUT2D eigenvalue weighted by Crippen LogP contribution is -2.03. The minimum atomic E-state index is -2.81. The molecule has 19 heavy (non-hydrogen) atoms. The minimum absolute atomic E-state index is 0.135. The van der Waals surface area contributed by atoms with Crippen LogP contribution in [0.3, 0.4) is 0 Å². The molecule has 0 aliphatic rings. The number of hydrogen-bond donors (Lipinski definition) is 1. The van der Waals surface area contributed by atoms with Gasteiger partial charge in [-0.1, -0.05) is 0 Å². The summed E-state index contributed by atoms with van der Waals surface area (Å²) < 4.78 is 30.3. The molecule has 4 nitrogen and oxygen atoms in total. The second-order valence-corrected chi connectivity index (χ2v) is 4.02. The van der Waals surface area contributed by atoms with Gasteiger partial charge < -0.3 is 14.6 Å². The molecule has 6 heteroatoms. The number of benzene rings is 1. The smallest absolute Gasteiger partial charge is 0.387 e. The molecule has 0 bridgehead atoms. The molecule has 2 rings (SSSR count). The topological polar surface area (TPSA) is 39.1 Å². The SMILES string of the molecule is CCn1cc(C)nc1Nc1ccc(OC(F)F)cc1. The fraction of sp³-hybridized carbons (Fsp3) is 0.308. The number of rotatable bonds is 5. The van der Waals surface area contributed by atoms with E-state index in [1.807, 2.05) is 24.6 Å². The molecule has 1 N–H and O–H groups in total. The van der Waals surface area contributed by atoms with Gasteiger partial charge in [-0.15, -0.1) is 0 Å². The second-order valence-electron chi connectivity index (χ2n) is 4.02. The molecular weight excluding hydrogens is 252 g/mol. The number of alkyl halides is 2. The number of aryl methyl sites for hydroxylation is 2. The first-order valence-electron chi connectivity index (χ1n) is 5.94. The van der Waals surface area contributed by atoms with Crippen LogP contribution in [0.2, 0.25) is 0 Å². The molecule has 0 radical (unpaired) electrons. The number of aromatic nitrogens is 2.